The molecule has 2 aromatic heterocycles. The number of benzene rings is 1. The predicted octanol–water partition coefficient (Wildman–Crippen LogP) is 4.49. The Morgan fingerprint density at radius 1 is 1.10 bits per heavy atom. The molecule has 0 saturated heterocycles. The van der Waals surface area contributed by atoms with E-state index in [0.717, 1.165) is 10.5 Å². The van der Waals surface area contributed by atoms with Crippen LogP contribution >= 0.6 is 23.5 Å². The number of pyridine rings is 1. The Balaban J connectivity index is 1.40. The second-order valence-electron chi connectivity index (χ2n) is 6.24. The molecule has 0 aliphatic carbocycles. The molecule has 0 saturated carbocycles. The van der Waals surface area contributed by atoms with Crippen molar-refractivity contribution in [3.05, 3.63) is 83.9 Å². The van der Waals surface area contributed by atoms with Crippen molar-refractivity contribution >= 4 is 51.6 Å². The number of rotatable bonds is 4. The number of hydrazone groups is 1. The number of amides is 1. The molecule has 0 unspecified atom stereocenters. The summed E-state index contributed by atoms with van der Waals surface area (Å²) in [5, 5.41) is 16.0. The monoisotopic (exact) mass is 431 g/mol. The molecule has 4 heterocycles. The lowest BCUT2D eigenvalue weighted by atomic mass is 10.1. The van der Waals surface area contributed by atoms with E-state index in [1.807, 2.05) is 42.5 Å². The highest BCUT2D eigenvalue weighted by Gasteiger charge is 2.36. The standard InChI is InChI=1S/C21H13N5O2S2/c22-18-16(11-14-8-9-17(28-14)29-15-6-2-1-3-7-15)19(27)24-21-26(18)25-20(30-21)13-5-4-10-23-12-13/h1-12,22H/b16-11+,22-18?. The van der Waals surface area contributed by atoms with Crippen molar-refractivity contribution in [1.82, 2.24) is 9.99 Å². The van der Waals surface area contributed by atoms with Gasteiger partial charge in [-0.2, -0.15) is 15.1 Å². The van der Waals surface area contributed by atoms with Crippen LogP contribution in [0.5, 0.6) is 0 Å². The highest BCUT2D eigenvalue weighted by Crippen LogP contribution is 2.32. The number of hydrogen-bond acceptors (Lipinski definition) is 7. The fourth-order valence-corrected chi connectivity index (χ4v) is 4.49. The van der Waals surface area contributed by atoms with Gasteiger partial charge in [0.1, 0.15) is 10.8 Å². The van der Waals surface area contributed by atoms with E-state index >= 15 is 0 Å². The van der Waals surface area contributed by atoms with Gasteiger partial charge in [-0.15, -0.1) is 0 Å². The molecular weight excluding hydrogens is 418 g/mol. The molecule has 0 fully saturated rings. The molecule has 0 radical (unpaired) electrons. The molecule has 3 aromatic rings. The molecule has 9 heteroatoms. The Kier molecular flexibility index (Phi) is 4.82. The van der Waals surface area contributed by atoms with E-state index in [4.69, 9.17) is 9.83 Å². The van der Waals surface area contributed by atoms with Crippen molar-refractivity contribution in [2.24, 2.45) is 10.1 Å². The number of hydrogen-bond donors (Lipinski definition) is 1. The molecule has 1 amide bonds. The summed E-state index contributed by atoms with van der Waals surface area (Å²) in [4.78, 5) is 21.8. The number of fused-ring (bicyclic) bond motifs is 1. The van der Waals surface area contributed by atoms with E-state index < -0.39 is 5.91 Å². The van der Waals surface area contributed by atoms with Crippen LogP contribution in [0.1, 0.15) is 11.3 Å². The number of amidine groups is 2. The highest BCUT2D eigenvalue weighted by molar-refractivity contribution is 8.27. The maximum absolute atomic E-state index is 12.5. The largest absolute Gasteiger partial charge is 0.450 e. The third-order valence-corrected chi connectivity index (χ3v) is 6.10. The Morgan fingerprint density at radius 2 is 1.97 bits per heavy atom. The van der Waals surface area contributed by atoms with E-state index in [2.05, 4.69) is 15.1 Å². The summed E-state index contributed by atoms with van der Waals surface area (Å²) in [6, 6.07) is 17.1. The second-order valence-corrected chi connectivity index (χ2v) is 8.27. The Bertz CT molecular complexity index is 1230. The fraction of sp³-hybridized carbons (Fsp3) is 0. The zero-order chi connectivity index (χ0) is 20.5. The van der Waals surface area contributed by atoms with E-state index in [0.29, 0.717) is 21.1 Å². The molecule has 5 rings (SSSR count). The predicted molar refractivity (Wildman–Crippen MR) is 118 cm³/mol. The number of thioether (sulfide) groups is 1. The van der Waals surface area contributed by atoms with Crippen LogP contribution in [-0.2, 0) is 4.79 Å². The Morgan fingerprint density at radius 3 is 2.77 bits per heavy atom. The minimum Gasteiger partial charge on any atom is -0.450 e. The lowest BCUT2D eigenvalue weighted by molar-refractivity contribution is -0.114. The zero-order valence-electron chi connectivity index (χ0n) is 15.4. The minimum atomic E-state index is -0.491. The number of nitrogens with zero attached hydrogens (tertiary/aromatic N) is 4. The lowest BCUT2D eigenvalue weighted by Gasteiger charge is -2.19. The van der Waals surface area contributed by atoms with Gasteiger partial charge < -0.3 is 4.42 Å². The number of carbonyl (C=O) groups is 1. The topological polar surface area (TPSA) is 94.9 Å². The van der Waals surface area contributed by atoms with Crippen LogP contribution in [0.2, 0.25) is 0 Å². The molecule has 1 N–H and O–H groups in total. The van der Waals surface area contributed by atoms with Crippen molar-refractivity contribution < 1.29 is 9.21 Å². The summed E-state index contributed by atoms with van der Waals surface area (Å²) >= 11 is 2.72. The fourth-order valence-electron chi connectivity index (χ4n) is 2.81. The first-order chi connectivity index (χ1) is 14.7. The number of carbonyl (C=O) groups excluding carboxylic acids is 1. The zero-order valence-corrected chi connectivity index (χ0v) is 17.0. The van der Waals surface area contributed by atoms with Crippen LogP contribution < -0.4 is 0 Å². The highest BCUT2D eigenvalue weighted by atomic mass is 32.2. The quantitative estimate of drug-likeness (QED) is 0.612. The van der Waals surface area contributed by atoms with Gasteiger partial charge in [0.05, 0.1) is 5.57 Å². The summed E-state index contributed by atoms with van der Waals surface area (Å²) in [5.41, 5.74) is 0.931. The molecule has 0 bridgehead atoms. The number of aromatic nitrogens is 1. The Labute approximate surface area is 180 Å². The number of furan rings is 1. The van der Waals surface area contributed by atoms with Gasteiger partial charge >= 0.3 is 0 Å². The average molecular weight is 432 g/mol. The van der Waals surface area contributed by atoms with Crippen molar-refractivity contribution in [2.45, 2.75) is 9.99 Å². The molecule has 1 aromatic carbocycles. The van der Waals surface area contributed by atoms with E-state index in [1.165, 1.54) is 34.6 Å². The van der Waals surface area contributed by atoms with Crippen LogP contribution in [0, 0.1) is 5.41 Å². The molecule has 7 nitrogen and oxygen atoms in total. The van der Waals surface area contributed by atoms with Crippen LogP contribution in [0.3, 0.4) is 0 Å². The van der Waals surface area contributed by atoms with Gasteiger partial charge in [0.15, 0.2) is 10.9 Å². The van der Waals surface area contributed by atoms with E-state index in [1.54, 1.807) is 24.5 Å². The van der Waals surface area contributed by atoms with Gasteiger partial charge in [-0.25, -0.2) is 0 Å². The minimum absolute atomic E-state index is 0.0370. The van der Waals surface area contributed by atoms with Crippen molar-refractivity contribution in [3.63, 3.8) is 0 Å². The summed E-state index contributed by atoms with van der Waals surface area (Å²) < 4.78 is 5.81. The van der Waals surface area contributed by atoms with Crippen LogP contribution in [0.25, 0.3) is 6.08 Å². The van der Waals surface area contributed by atoms with Gasteiger partial charge in [-0.3, -0.25) is 15.2 Å². The van der Waals surface area contributed by atoms with Crippen LogP contribution in [0.15, 0.2) is 97.1 Å². The third-order valence-electron chi connectivity index (χ3n) is 4.21. The van der Waals surface area contributed by atoms with Gasteiger partial charge in [-0.1, -0.05) is 30.0 Å². The van der Waals surface area contributed by atoms with Gasteiger partial charge in [-0.05, 0) is 54.2 Å². The Hall–Kier alpha value is -3.43. The van der Waals surface area contributed by atoms with E-state index in [9.17, 15) is 4.79 Å². The first-order valence-corrected chi connectivity index (χ1v) is 10.5. The summed E-state index contributed by atoms with van der Waals surface area (Å²) in [7, 11) is 0. The molecule has 146 valence electrons. The maximum atomic E-state index is 12.5. The first-order valence-electron chi connectivity index (χ1n) is 8.91. The smallest absolute Gasteiger partial charge is 0.283 e. The summed E-state index contributed by atoms with van der Waals surface area (Å²) in [6.07, 6.45) is 4.89. The molecule has 0 spiro atoms. The SMILES string of the molecule is N=C1/C(=C\c2ccc(Sc3ccccc3)o2)C(=O)N=C2SC(c3cccnc3)=NN12. The van der Waals surface area contributed by atoms with Crippen molar-refractivity contribution in [1.29, 1.82) is 5.41 Å². The van der Waals surface area contributed by atoms with Gasteiger partial charge in [0.2, 0.25) is 5.17 Å². The van der Waals surface area contributed by atoms with Crippen molar-refractivity contribution in [3.8, 4) is 0 Å². The number of nitrogens with one attached hydrogen (secondary N) is 1. The molecule has 0 atom stereocenters. The summed E-state index contributed by atoms with van der Waals surface area (Å²) in [5.74, 6) is -0.0522. The van der Waals surface area contributed by atoms with Crippen molar-refractivity contribution in [2.75, 3.05) is 0 Å². The molecule has 2 aliphatic heterocycles. The van der Waals surface area contributed by atoms with E-state index in [-0.39, 0.29) is 11.4 Å². The average Bonchev–Trinajstić information content (AvgIpc) is 3.39. The lowest BCUT2D eigenvalue weighted by Crippen LogP contribution is -2.35. The van der Waals surface area contributed by atoms with Crippen LogP contribution in [-0.4, -0.2) is 31.9 Å². The third kappa shape index (κ3) is 3.60. The first kappa shape index (κ1) is 18.6. The van der Waals surface area contributed by atoms with Crippen LogP contribution in [0.4, 0.5) is 0 Å². The number of aliphatic imine (C=N–C) groups is 1. The maximum Gasteiger partial charge on any atom is 0.283 e. The molecule has 2 aliphatic rings. The second kappa shape index (κ2) is 7.77. The molecular formula is C21H13N5O2S2. The summed E-state index contributed by atoms with van der Waals surface area (Å²) in [6.45, 7) is 0. The normalized spacial score (nSPS) is 17.2. The molecule has 30 heavy (non-hydrogen) atoms. The van der Waals surface area contributed by atoms with Gasteiger partial charge in [0.25, 0.3) is 5.91 Å². The van der Waals surface area contributed by atoms with Gasteiger partial charge in [0, 0.05) is 22.9 Å².